The van der Waals surface area contributed by atoms with Crippen LogP contribution in [0.5, 0.6) is 0 Å². The Hall–Kier alpha value is -1.10. The Bertz CT molecular complexity index is 250. The second kappa shape index (κ2) is 5.11. The second-order valence-corrected chi connectivity index (χ2v) is 3.67. The van der Waals surface area contributed by atoms with Gasteiger partial charge in [-0.3, -0.25) is 9.59 Å². The lowest BCUT2D eigenvalue weighted by atomic mass is 10.1. The van der Waals surface area contributed by atoms with Gasteiger partial charge in [-0.15, -0.1) is 0 Å². The zero-order valence-electron chi connectivity index (χ0n) is 9.19. The zero-order chi connectivity index (χ0) is 11.4. The summed E-state index contributed by atoms with van der Waals surface area (Å²) in [6.45, 7) is 4.72. The zero-order valence-corrected chi connectivity index (χ0v) is 9.19. The van der Waals surface area contributed by atoms with E-state index in [1.54, 1.807) is 0 Å². The van der Waals surface area contributed by atoms with E-state index < -0.39 is 0 Å². The number of hydrogen-bond donors (Lipinski definition) is 0. The highest BCUT2D eigenvalue weighted by Crippen LogP contribution is 2.23. The van der Waals surface area contributed by atoms with E-state index in [2.05, 4.69) is 0 Å². The molecule has 5 heteroatoms. The highest BCUT2D eigenvalue weighted by atomic mass is 16.6. The van der Waals surface area contributed by atoms with Gasteiger partial charge in [0.15, 0.2) is 0 Å². The molecule has 0 saturated carbocycles. The smallest absolute Gasteiger partial charge is 0.302 e. The van der Waals surface area contributed by atoms with Gasteiger partial charge in [0.05, 0.1) is 6.10 Å². The summed E-state index contributed by atoms with van der Waals surface area (Å²) < 4.78 is 15.4. The normalized spacial score (nSPS) is 29.9. The molecule has 0 aromatic carbocycles. The highest BCUT2D eigenvalue weighted by molar-refractivity contribution is 5.66. The van der Waals surface area contributed by atoms with Crippen LogP contribution in [0.4, 0.5) is 0 Å². The molecule has 0 aromatic heterocycles. The number of ether oxygens (including phenoxy) is 3. The van der Waals surface area contributed by atoms with Gasteiger partial charge in [-0.05, 0) is 6.92 Å². The Morgan fingerprint density at radius 1 is 1.33 bits per heavy atom. The van der Waals surface area contributed by atoms with Gasteiger partial charge in [0.2, 0.25) is 0 Å². The van der Waals surface area contributed by atoms with Crippen molar-refractivity contribution in [3.05, 3.63) is 0 Å². The van der Waals surface area contributed by atoms with E-state index in [0.29, 0.717) is 6.42 Å². The molecule has 0 aromatic rings. The molecule has 0 aliphatic carbocycles. The monoisotopic (exact) mass is 216 g/mol. The first-order chi connectivity index (χ1) is 6.99. The molecule has 5 nitrogen and oxygen atoms in total. The van der Waals surface area contributed by atoms with Crippen molar-refractivity contribution in [2.45, 2.75) is 45.5 Å². The van der Waals surface area contributed by atoms with Crippen LogP contribution in [0.1, 0.15) is 27.2 Å². The van der Waals surface area contributed by atoms with E-state index in [0.717, 1.165) is 0 Å². The number of esters is 2. The minimum absolute atomic E-state index is 0.0231. The first-order valence-electron chi connectivity index (χ1n) is 4.95. The van der Waals surface area contributed by atoms with Crippen molar-refractivity contribution in [3.63, 3.8) is 0 Å². The van der Waals surface area contributed by atoms with Crippen molar-refractivity contribution in [2.24, 2.45) is 0 Å². The lowest BCUT2D eigenvalue weighted by Gasteiger charge is -2.17. The average molecular weight is 216 g/mol. The molecule has 0 spiro atoms. The molecular formula is C10H16O5. The van der Waals surface area contributed by atoms with E-state index in [1.165, 1.54) is 13.8 Å². The van der Waals surface area contributed by atoms with E-state index >= 15 is 0 Å². The van der Waals surface area contributed by atoms with Crippen molar-refractivity contribution in [1.29, 1.82) is 0 Å². The Morgan fingerprint density at radius 2 is 2.00 bits per heavy atom. The standard InChI is InChI=1S/C10H16O5/c1-6-4-9(15-8(3)12)10(14-6)5-13-7(2)11/h6,9-10H,4-5H2,1-3H3/t6-,9+,10+/m0/s1. The van der Waals surface area contributed by atoms with E-state index in [-0.39, 0.29) is 36.9 Å². The van der Waals surface area contributed by atoms with Crippen LogP contribution in [-0.4, -0.2) is 36.9 Å². The SMILES string of the molecule is CC(=O)OC[C@H]1O[C@@H](C)C[C@H]1OC(C)=O. The molecule has 1 aliphatic rings. The van der Waals surface area contributed by atoms with Crippen molar-refractivity contribution in [2.75, 3.05) is 6.61 Å². The van der Waals surface area contributed by atoms with Crippen LogP contribution in [0.3, 0.4) is 0 Å². The van der Waals surface area contributed by atoms with Crippen LogP contribution >= 0.6 is 0 Å². The number of rotatable bonds is 3. The topological polar surface area (TPSA) is 61.8 Å². The molecule has 1 rings (SSSR count). The van der Waals surface area contributed by atoms with Crippen molar-refractivity contribution < 1.29 is 23.8 Å². The molecule has 0 amide bonds. The predicted molar refractivity (Wildman–Crippen MR) is 51.1 cm³/mol. The van der Waals surface area contributed by atoms with Gasteiger partial charge >= 0.3 is 11.9 Å². The summed E-state index contributed by atoms with van der Waals surface area (Å²) in [5.74, 6) is -0.703. The first-order valence-corrected chi connectivity index (χ1v) is 4.95. The van der Waals surface area contributed by atoms with Crippen LogP contribution in [0.15, 0.2) is 0 Å². The van der Waals surface area contributed by atoms with E-state index in [4.69, 9.17) is 14.2 Å². The maximum atomic E-state index is 10.8. The van der Waals surface area contributed by atoms with Crippen molar-refractivity contribution in [3.8, 4) is 0 Å². The molecular weight excluding hydrogens is 200 g/mol. The molecule has 86 valence electrons. The maximum Gasteiger partial charge on any atom is 0.302 e. The van der Waals surface area contributed by atoms with Gasteiger partial charge in [0.1, 0.15) is 18.8 Å². The summed E-state index contributed by atoms with van der Waals surface area (Å²) in [7, 11) is 0. The molecule has 1 heterocycles. The van der Waals surface area contributed by atoms with Crippen molar-refractivity contribution in [1.82, 2.24) is 0 Å². The molecule has 0 unspecified atom stereocenters. The summed E-state index contributed by atoms with van der Waals surface area (Å²) in [5.41, 5.74) is 0. The van der Waals surface area contributed by atoms with Gasteiger partial charge in [-0.25, -0.2) is 0 Å². The quantitative estimate of drug-likeness (QED) is 0.648. The van der Waals surface area contributed by atoms with Gasteiger partial charge in [-0.1, -0.05) is 0 Å². The third-order valence-electron chi connectivity index (χ3n) is 2.15. The fraction of sp³-hybridized carbons (Fsp3) is 0.800. The van der Waals surface area contributed by atoms with Gasteiger partial charge in [-0.2, -0.15) is 0 Å². The Kier molecular flexibility index (Phi) is 4.08. The van der Waals surface area contributed by atoms with Gasteiger partial charge in [0.25, 0.3) is 0 Å². The van der Waals surface area contributed by atoms with Crippen LogP contribution in [0, 0.1) is 0 Å². The Balaban J connectivity index is 2.45. The summed E-state index contributed by atoms with van der Waals surface area (Å²) in [6.07, 6.45) is 0.0189. The second-order valence-electron chi connectivity index (χ2n) is 3.67. The number of carbonyl (C=O) groups excluding carboxylic acids is 2. The minimum Gasteiger partial charge on any atom is -0.463 e. The van der Waals surface area contributed by atoms with Crippen LogP contribution in [0.25, 0.3) is 0 Å². The predicted octanol–water partition coefficient (Wildman–Crippen LogP) is 0.659. The van der Waals surface area contributed by atoms with Gasteiger partial charge in [0, 0.05) is 20.3 Å². The molecule has 3 atom stereocenters. The summed E-state index contributed by atoms with van der Waals surface area (Å²) in [5, 5.41) is 0. The Morgan fingerprint density at radius 3 is 2.53 bits per heavy atom. The fourth-order valence-electron chi connectivity index (χ4n) is 1.60. The molecule has 0 N–H and O–H groups in total. The van der Waals surface area contributed by atoms with Crippen LogP contribution < -0.4 is 0 Å². The minimum atomic E-state index is -0.361. The molecule has 15 heavy (non-hydrogen) atoms. The molecule has 1 saturated heterocycles. The Labute approximate surface area is 88.7 Å². The van der Waals surface area contributed by atoms with Gasteiger partial charge < -0.3 is 14.2 Å². The van der Waals surface area contributed by atoms with E-state index in [9.17, 15) is 9.59 Å². The molecule has 1 aliphatic heterocycles. The van der Waals surface area contributed by atoms with Crippen LogP contribution in [0.2, 0.25) is 0 Å². The highest BCUT2D eigenvalue weighted by Gasteiger charge is 2.35. The fourth-order valence-corrected chi connectivity index (χ4v) is 1.60. The lowest BCUT2D eigenvalue weighted by Crippen LogP contribution is -2.31. The lowest BCUT2D eigenvalue weighted by molar-refractivity contribution is -0.154. The summed E-state index contributed by atoms with van der Waals surface area (Å²) in [4.78, 5) is 21.4. The molecule has 1 fully saturated rings. The van der Waals surface area contributed by atoms with Crippen LogP contribution in [-0.2, 0) is 23.8 Å². The summed E-state index contributed by atoms with van der Waals surface area (Å²) >= 11 is 0. The molecule has 0 bridgehead atoms. The largest absolute Gasteiger partial charge is 0.463 e. The maximum absolute atomic E-state index is 10.8. The van der Waals surface area contributed by atoms with Crippen molar-refractivity contribution >= 4 is 11.9 Å². The summed E-state index contributed by atoms with van der Waals surface area (Å²) in [6, 6.07) is 0. The molecule has 0 radical (unpaired) electrons. The number of carbonyl (C=O) groups is 2. The first kappa shape index (κ1) is 12.0. The third kappa shape index (κ3) is 3.87. The third-order valence-corrected chi connectivity index (χ3v) is 2.15. The average Bonchev–Trinajstić information content (AvgIpc) is 2.41. The number of hydrogen-bond acceptors (Lipinski definition) is 5. The van der Waals surface area contributed by atoms with E-state index in [1.807, 2.05) is 6.92 Å².